The molecule has 0 heterocycles. The van der Waals surface area contributed by atoms with Crippen LogP contribution < -0.4 is 4.74 Å². The van der Waals surface area contributed by atoms with Crippen molar-refractivity contribution in [1.29, 1.82) is 0 Å². The topological polar surface area (TPSA) is 26.3 Å². The van der Waals surface area contributed by atoms with Gasteiger partial charge in [0.05, 0.1) is 0 Å². The van der Waals surface area contributed by atoms with Crippen LogP contribution in [0.5, 0.6) is 5.75 Å². The SMILES string of the molecule is CCCCCCCC(=O)Oc1ccc(C2=CCC(CCCCC)CC2)cc1. The van der Waals surface area contributed by atoms with Crippen LogP contribution in [-0.2, 0) is 4.79 Å². The standard InChI is InChI=1S/C25H38O2/c1-3-5-7-8-10-12-25(26)27-24-19-17-23(18-20-24)22-15-13-21(14-16-22)11-9-6-4-2/h15,17-21H,3-14,16H2,1-2H3. The van der Waals surface area contributed by atoms with Gasteiger partial charge in [-0.2, -0.15) is 0 Å². The monoisotopic (exact) mass is 370 g/mol. The van der Waals surface area contributed by atoms with Crippen molar-refractivity contribution in [2.75, 3.05) is 0 Å². The summed E-state index contributed by atoms with van der Waals surface area (Å²) in [7, 11) is 0. The molecule has 0 aromatic heterocycles. The van der Waals surface area contributed by atoms with Gasteiger partial charge < -0.3 is 4.74 Å². The number of rotatable bonds is 12. The molecule has 1 unspecified atom stereocenters. The summed E-state index contributed by atoms with van der Waals surface area (Å²) >= 11 is 0. The highest BCUT2D eigenvalue weighted by Crippen LogP contribution is 2.33. The first-order valence-electron chi connectivity index (χ1n) is 11.2. The maximum Gasteiger partial charge on any atom is 0.311 e. The number of hydrogen-bond acceptors (Lipinski definition) is 2. The zero-order chi connectivity index (χ0) is 19.3. The fourth-order valence-electron chi connectivity index (χ4n) is 3.89. The predicted octanol–water partition coefficient (Wildman–Crippen LogP) is 7.72. The number of hydrogen-bond donors (Lipinski definition) is 0. The lowest BCUT2D eigenvalue weighted by Gasteiger charge is -2.22. The summed E-state index contributed by atoms with van der Waals surface area (Å²) in [6.07, 6.45) is 17.8. The molecule has 0 bridgehead atoms. The minimum atomic E-state index is -0.106. The van der Waals surface area contributed by atoms with Crippen molar-refractivity contribution >= 4 is 11.5 Å². The van der Waals surface area contributed by atoms with Gasteiger partial charge in [0.2, 0.25) is 0 Å². The lowest BCUT2D eigenvalue weighted by Crippen LogP contribution is -2.08. The molecule has 2 rings (SSSR count). The van der Waals surface area contributed by atoms with Crippen molar-refractivity contribution < 1.29 is 9.53 Å². The predicted molar refractivity (Wildman–Crippen MR) is 115 cm³/mol. The van der Waals surface area contributed by atoms with Gasteiger partial charge in [-0.15, -0.1) is 0 Å². The number of carbonyl (C=O) groups excluding carboxylic acids is 1. The molecular weight excluding hydrogens is 332 g/mol. The van der Waals surface area contributed by atoms with Gasteiger partial charge in [-0.1, -0.05) is 83.4 Å². The van der Waals surface area contributed by atoms with Crippen LogP contribution in [0.4, 0.5) is 0 Å². The number of benzene rings is 1. The second-order valence-corrected chi connectivity index (χ2v) is 8.03. The summed E-state index contributed by atoms with van der Waals surface area (Å²) in [5, 5.41) is 0. The fourth-order valence-corrected chi connectivity index (χ4v) is 3.89. The van der Waals surface area contributed by atoms with E-state index in [0.717, 1.165) is 18.8 Å². The van der Waals surface area contributed by atoms with Gasteiger partial charge in [0.15, 0.2) is 0 Å². The summed E-state index contributed by atoms with van der Waals surface area (Å²) in [5.41, 5.74) is 2.73. The first-order valence-corrected chi connectivity index (χ1v) is 11.2. The Morgan fingerprint density at radius 1 is 0.963 bits per heavy atom. The van der Waals surface area contributed by atoms with E-state index in [0.29, 0.717) is 12.2 Å². The summed E-state index contributed by atoms with van der Waals surface area (Å²) in [6, 6.07) is 8.09. The van der Waals surface area contributed by atoms with Gasteiger partial charge in [0, 0.05) is 6.42 Å². The van der Waals surface area contributed by atoms with Crippen LogP contribution in [-0.4, -0.2) is 5.97 Å². The Bertz CT molecular complexity index is 570. The fraction of sp³-hybridized carbons (Fsp3) is 0.640. The normalized spacial score (nSPS) is 16.8. The molecule has 0 spiro atoms. The van der Waals surface area contributed by atoms with E-state index in [1.165, 1.54) is 75.3 Å². The molecule has 150 valence electrons. The molecule has 0 saturated carbocycles. The van der Waals surface area contributed by atoms with Gasteiger partial charge in [-0.05, 0) is 54.9 Å². The molecule has 0 fully saturated rings. The van der Waals surface area contributed by atoms with Crippen LogP contribution in [0.2, 0.25) is 0 Å². The molecule has 27 heavy (non-hydrogen) atoms. The third kappa shape index (κ3) is 8.32. The molecular formula is C25H38O2. The third-order valence-corrected chi connectivity index (χ3v) is 5.68. The molecule has 0 radical (unpaired) electrons. The van der Waals surface area contributed by atoms with Crippen molar-refractivity contribution in [2.24, 2.45) is 5.92 Å². The van der Waals surface area contributed by atoms with Crippen LogP contribution in [0.25, 0.3) is 5.57 Å². The summed E-state index contributed by atoms with van der Waals surface area (Å²) in [5.74, 6) is 1.44. The minimum Gasteiger partial charge on any atom is -0.427 e. The van der Waals surface area contributed by atoms with E-state index in [2.05, 4.69) is 32.1 Å². The minimum absolute atomic E-state index is 0.106. The quantitative estimate of drug-likeness (QED) is 0.214. The van der Waals surface area contributed by atoms with Crippen molar-refractivity contribution in [3.05, 3.63) is 35.9 Å². The van der Waals surface area contributed by atoms with E-state index < -0.39 is 0 Å². The highest BCUT2D eigenvalue weighted by atomic mass is 16.5. The van der Waals surface area contributed by atoms with Crippen molar-refractivity contribution in [1.82, 2.24) is 0 Å². The lowest BCUT2D eigenvalue weighted by molar-refractivity contribution is -0.134. The molecule has 0 amide bonds. The number of carbonyl (C=O) groups is 1. The van der Waals surface area contributed by atoms with Gasteiger partial charge in [-0.25, -0.2) is 0 Å². The third-order valence-electron chi connectivity index (χ3n) is 5.68. The van der Waals surface area contributed by atoms with Crippen molar-refractivity contribution in [3.8, 4) is 5.75 Å². The van der Waals surface area contributed by atoms with Crippen molar-refractivity contribution in [3.63, 3.8) is 0 Å². The maximum absolute atomic E-state index is 11.9. The summed E-state index contributed by atoms with van der Waals surface area (Å²) in [6.45, 7) is 4.47. The zero-order valence-corrected chi connectivity index (χ0v) is 17.5. The number of esters is 1. The first kappa shape index (κ1) is 21.7. The Morgan fingerprint density at radius 2 is 1.67 bits per heavy atom. The van der Waals surface area contributed by atoms with Gasteiger partial charge >= 0.3 is 5.97 Å². The van der Waals surface area contributed by atoms with Crippen LogP contribution in [0.15, 0.2) is 30.3 Å². The van der Waals surface area contributed by atoms with E-state index in [1.807, 2.05) is 12.1 Å². The Hall–Kier alpha value is -1.57. The summed E-state index contributed by atoms with van der Waals surface area (Å²) < 4.78 is 5.48. The number of unbranched alkanes of at least 4 members (excludes halogenated alkanes) is 6. The molecule has 0 saturated heterocycles. The van der Waals surface area contributed by atoms with Crippen molar-refractivity contribution in [2.45, 2.75) is 97.3 Å². The van der Waals surface area contributed by atoms with E-state index >= 15 is 0 Å². The van der Waals surface area contributed by atoms with E-state index in [4.69, 9.17) is 4.74 Å². The second kappa shape index (κ2) is 12.8. The van der Waals surface area contributed by atoms with Gasteiger partial charge in [0.25, 0.3) is 0 Å². The van der Waals surface area contributed by atoms with E-state index in [1.54, 1.807) is 0 Å². The van der Waals surface area contributed by atoms with Crippen LogP contribution in [0, 0.1) is 5.92 Å². The van der Waals surface area contributed by atoms with Gasteiger partial charge in [-0.3, -0.25) is 4.79 Å². The smallest absolute Gasteiger partial charge is 0.311 e. The van der Waals surface area contributed by atoms with E-state index in [-0.39, 0.29) is 5.97 Å². The highest BCUT2D eigenvalue weighted by molar-refractivity contribution is 5.73. The molecule has 0 aliphatic heterocycles. The van der Waals surface area contributed by atoms with E-state index in [9.17, 15) is 4.79 Å². The summed E-state index contributed by atoms with van der Waals surface area (Å²) in [4.78, 5) is 11.9. The second-order valence-electron chi connectivity index (χ2n) is 8.03. The molecule has 0 N–H and O–H groups in total. The molecule has 1 aromatic rings. The Balaban J connectivity index is 1.74. The Kier molecular flexibility index (Phi) is 10.3. The lowest BCUT2D eigenvalue weighted by atomic mass is 9.84. The largest absolute Gasteiger partial charge is 0.427 e. The molecule has 2 heteroatoms. The molecule has 1 aromatic carbocycles. The van der Waals surface area contributed by atoms with Gasteiger partial charge in [0.1, 0.15) is 5.75 Å². The molecule has 1 aliphatic rings. The Labute approximate surface area is 166 Å². The Morgan fingerprint density at radius 3 is 2.33 bits per heavy atom. The average Bonchev–Trinajstić information content (AvgIpc) is 2.69. The number of ether oxygens (including phenoxy) is 1. The van der Waals surface area contributed by atoms with Crippen LogP contribution >= 0.6 is 0 Å². The maximum atomic E-state index is 11.9. The molecule has 1 aliphatic carbocycles. The van der Waals surface area contributed by atoms with Crippen LogP contribution in [0.3, 0.4) is 0 Å². The van der Waals surface area contributed by atoms with Crippen LogP contribution in [0.1, 0.15) is 103 Å². The first-order chi connectivity index (χ1) is 13.2. The molecule has 2 nitrogen and oxygen atoms in total. The highest BCUT2D eigenvalue weighted by Gasteiger charge is 2.15. The average molecular weight is 371 g/mol. The molecule has 1 atom stereocenters. The zero-order valence-electron chi connectivity index (χ0n) is 17.5. The number of allylic oxidation sites excluding steroid dienone is 2.